The molecule has 1 rings (SSSR count). The summed E-state index contributed by atoms with van der Waals surface area (Å²) in [5.41, 5.74) is 0.333. The van der Waals surface area contributed by atoms with Crippen molar-refractivity contribution >= 4 is 17.5 Å². The maximum Gasteiger partial charge on any atom is 0.269 e. The summed E-state index contributed by atoms with van der Waals surface area (Å²) in [5.74, 6) is -0.229. The lowest BCUT2D eigenvalue weighted by molar-refractivity contribution is 0.0958. The summed E-state index contributed by atoms with van der Waals surface area (Å²) in [5, 5.41) is 2.96. The van der Waals surface area contributed by atoms with Gasteiger partial charge in [0.25, 0.3) is 5.91 Å². The number of hydrogen-bond acceptors (Lipinski definition) is 2. The fourth-order valence-corrected chi connectivity index (χ4v) is 0.817. The highest BCUT2D eigenvalue weighted by Crippen LogP contribution is 2.07. The van der Waals surface area contributed by atoms with Crippen LogP contribution in [-0.4, -0.2) is 17.9 Å². The number of carbonyl (C=O) groups is 1. The standard InChI is InChI=1S/C7H7ClN2O.C3H6/c1-9-7(11)6-4-5(8)2-3-10-6;1-3-2/h2-4H,1H3,(H,9,11);3H,1H2,2H3. The van der Waals surface area contributed by atoms with Crippen LogP contribution in [0.25, 0.3) is 0 Å². The van der Waals surface area contributed by atoms with E-state index in [-0.39, 0.29) is 5.91 Å². The van der Waals surface area contributed by atoms with Gasteiger partial charge in [-0.05, 0) is 19.1 Å². The molecule has 0 spiro atoms. The SMILES string of the molecule is C=CC.CNC(=O)c1cc(Cl)ccn1. The summed E-state index contributed by atoms with van der Waals surface area (Å²) >= 11 is 5.63. The molecule has 76 valence electrons. The van der Waals surface area contributed by atoms with E-state index in [1.165, 1.54) is 12.3 Å². The first kappa shape index (κ1) is 12.7. The zero-order valence-corrected chi connectivity index (χ0v) is 9.01. The average molecular weight is 213 g/mol. The number of nitrogens with zero attached hydrogens (tertiary/aromatic N) is 1. The molecule has 3 nitrogen and oxygen atoms in total. The van der Waals surface area contributed by atoms with Crippen molar-refractivity contribution in [3.63, 3.8) is 0 Å². The first-order chi connectivity index (χ1) is 6.65. The van der Waals surface area contributed by atoms with Gasteiger partial charge in [-0.1, -0.05) is 17.7 Å². The van der Waals surface area contributed by atoms with Crippen molar-refractivity contribution in [2.45, 2.75) is 6.92 Å². The van der Waals surface area contributed by atoms with Gasteiger partial charge in [0.05, 0.1) is 0 Å². The van der Waals surface area contributed by atoms with Crippen LogP contribution >= 0.6 is 11.6 Å². The van der Waals surface area contributed by atoms with Crippen LogP contribution in [0.1, 0.15) is 17.4 Å². The van der Waals surface area contributed by atoms with E-state index in [1.807, 2.05) is 6.92 Å². The van der Waals surface area contributed by atoms with Crippen LogP contribution in [0, 0.1) is 0 Å². The lowest BCUT2D eigenvalue weighted by atomic mass is 10.3. The Labute approximate surface area is 88.8 Å². The third-order valence-corrected chi connectivity index (χ3v) is 1.42. The van der Waals surface area contributed by atoms with Crippen LogP contribution in [0.15, 0.2) is 31.0 Å². The van der Waals surface area contributed by atoms with Gasteiger partial charge in [-0.2, -0.15) is 0 Å². The zero-order valence-electron chi connectivity index (χ0n) is 8.25. The first-order valence-electron chi connectivity index (χ1n) is 4.06. The van der Waals surface area contributed by atoms with E-state index in [0.717, 1.165) is 0 Å². The minimum Gasteiger partial charge on any atom is -0.354 e. The van der Waals surface area contributed by atoms with Crippen molar-refractivity contribution in [1.82, 2.24) is 10.3 Å². The quantitative estimate of drug-likeness (QED) is 0.726. The second-order valence-electron chi connectivity index (χ2n) is 2.35. The number of nitrogens with one attached hydrogen (secondary N) is 1. The molecular formula is C10H13ClN2O. The van der Waals surface area contributed by atoms with Gasteiger partial charge in [0, 0.05) is 18.3 Å². The Morgan fingerprint density at radius 1 is 1.71 bits per heavy atom. The van der Waals surface area contributed by atoms with E-state index < -0.39 is 0 Å². The van der Waals surface area contributed by atoms with Crippen molar-refractivity contribution in [3.05, 3.63) is 41.7 Å². The topological polar surface area (TPSA) is 42.0 Å². The van der Waals surface area contributed by atoms with Crippen molar-refractivity contribution in [3.8, 4) is 0 Å². The lowest BCUT2D eigenvalue weighted by Gasteiger charge is -1.97. The van der Waals surface area contributed by atoms with Crippen LogP contribution in [0.2, 0.25) is 5.02 Å². The summed E-state index contributed by atoms with van der Waals surface area (Å²) in [6.07, 6.45) is 3.24. The summed E-state index contributed by atoms with van der Waals surface area (Å²) in [6, 6.07) is 3.13. The Hall–Kier alpha value is -1.35. The minimum atomic E-state index is -0.229. The predicted molar refractivity (Wildman–Crippen MR) is 58.5 cm³/mol. The van der Waals surface area contributed by atoms with Crippen molar-refractivity contribution < 1.29 is 4.79 Å². The van der Waals surface area contributed by atoms with Gasteiger partial charge in [0.1, 0.15) is 5.69 Å². The smallest absolute Gasteiger partial charge is 0.269 e. The van der Waals surface area contributed by atoms with E-state index >= 15 is 0 Å². The maximum absolute atomic E-state index is 10.9. The molecule has 0 aliphatic rings. The summed E-state index contributed by atoms with van der Waals surface area (Å²) in [6.45, 7) is 5.25. The number of aromatic nitrogens is 1. The number of rotatable bonds is 1. The molecule has 0 saturated carbocycles. The molecule has 0 bridgehead atoms. The van der Waals surface area contributed by atoms with Gasteiger partial charge in [0.15, 0.2) is 0 Å². The van der Waals surface area contributed by atoms with Crippen molar-refractivity contribution in [1.29, 1.82) is 0 Å². The molecule has 0 fully saturated rings. The minimum absolute atomic E-state index is 0.229. The summed E-state index contributed by atoms with van der Waals surface area (Å²) in [4.78, 5) is 14.7. The number of carbonyl (C=O) groups excluding carboxylic acids is 1. The number of hydrogen-bond donors (Lipinski definition) is 1. The number of halogens is 1. The first-order valence-corrected chi connectivity index (χ1v) is 4.44. The van der Waals surface area contributed by atoms with Gasteiger partial charge >= 0.3 is 0 Å². The fourth-order valence-electron chi connectivity index (χ4n) is 0.657. The molecule has 0 unspecified atom stereocenters. The third kappa shape index (κ3) is 4.62. The zero-order chi connectivity index (χ0) is 11.0. The average Bonchev–Trinajstić information content (AvgIpc) is 2.18. The summed E-state index contributed by atoms with van der Waals surface area (Å²) < 4.78 is 0. The van der Waals surface area contributed by atoms with Gasteiger partial charge in [-0.15, -0.1) is 6.58 Å². The Kier molecular flexibility index (Phi) is 6.41. The van der Waals surface area contributed by atoms with Gasteiger partial charge in [-0.3, -0.25) is 9.78 Å². The Bertz CT molecular complexity index is 313. The maximum atomic E-state index is 10.9. The highest BCUT2D eigenvalue weighted by Gasteiger charge is 2.03. The molecule has 1 amide bonds. The Balaban J connectivity index is 0.000000500. The van der Waals surface area contributed by atoms with Crippen LogP contribution in [0.5, 0.6) is 0 Å². The van der Waals surface area contributed by atoms with Gasteiger partial charge < -0.3 is 5.32 Å². The van der Waals surface area contributed by atoms with Crippen molar-refractivity contribution in [2.24, 2.45) is 0 Å². The molecule has 1 aromatic rings. The second kappa shape index (κ2) is 7.09. The second-order valence-corrected chi connectivity index (χ2v) is 2.78. The number of pyridine rings is 1. The number of amides is 1. The van der Waals surface area contributed by atoms with E-state index in [0.29, 0.717) is 10.7 Å². The molecule has 0 atom stereocenters. The van der Waals surface area contributed by atoms with E-state index in [1.54, 1.807) is 19.2 Å². The van der Waals surface area contributed by atoms with E-state index in [9.17, 15) is 4.79 Å². The highest BCUT2D eigenvalue weighted by atomic mass is 35.5. The molecule has 0 aliphatic heterocycles. The highest BCUT2D eigenvalue weighted by molar-refractivity contribution is 6.30. The molecule has 14 heavy (non-hydrogen) atoms. The molecular weight excluding hydrogens is 200 g/mol. The van der Waals surface area contributed by atoms with Crippen LogP contribution in [0.4, 0.5) is 0 Å². The molecule has 0 aliphatic carbocycles. The van der Waals surface area contributed by atoms with Gasteiger partial charge in [-0.25, -0.2) is 0 Å². The molecule has 1 N–H and O–H groups in total. The lowest BCUT2D eigenvalue weighted by Crippen LogP contribution is -2.18. The normalized spacial score (nSPS) is 8.21. The number of allylic oxidation sites excluding steroid dienone is 1. The Morgan fingerprint density at radius 3 is 2.71 bits per heavy atom. The largest absolute Gasteiger partial charge is 0.354 e. The van der Waals surface area contributed by atoms with E-state index in [4.69, 9.17) is 11.6 Å². The molecule has 4 heteroatoms. The molecule has 0 saturated heterocycles. The van der Waals surface area contributed by atoms with Crippen molar-refractivity contribution in [2.75, 3.05) is 7.05 Å². The van der Waals surface area contributed by atoms with Crippen LogP contribution in [0.3, 0.4) is 0 Å². The van der Waals surface area contributed by atoms with Crippen LogP contribution < -0.4 is 5.32 Å². The summed E-state index contributed by atoms with van der Waals surface area (Å²) in [7, 11) is 1.55. The van der Waals surface area contributed by atoms with Crippen LogP contribution in [-0.2, 0) is 0 Å². The predicted octanol–water partition coefficient (Wildman–Crippen LogP) is 2.29. The fraction of sp³-hybridized carbons (Fsp3) is 0.200. The molecule has 0 aromatic carbocycles. The molecule has 1 heterocycles. The molecule has 1 aromatic heterocycles. The molecule has 0 radical (unpaired) electrons. The Morgan fingerprint density at radius 2 is 2.29 bits per heavy atom. The third-order valence-electron chi connectivity index (χ3n) is 1.18. The van der Waals surface area contributed by atoms with E-state index in [2.05, 4.69) is 16.9 Å². The monoisotopic (exact) mass is 212 g/mol. The van der Waals surface area contributed by atoms with Gasteiger partial charge in [0.2, 0.25) is 0 Å².